The van der Waals surface area contributed by atoms with E-state index in [2.05, 4.69) is 36.2 Å². The second-order valence-electron chi connectivity index (χ2n) is 5.25. The molecule has 0 saturated heterocycles. The Morgan fingerprint density at radius 2 is 2.14 bits per heavy atom. The number of benzene rings is 1. The number of hydrogen-bond donors (Lipinski definition) is 1. The van der Waals surface area contributed by atoms with Gasteiger partial charge in [-0.05, 0) is 30.7 Å². The number of rotatable bonds is 6. The molecule has 1 heterocycles. The summed E-state index contributed by atoms with van der Waals surface area (Å²) in [7, 11) is 0. The van der Waals surface area contributed by atoms with Crippen LogP contribution in [0.1, 0.15) is 26.7 Å². The van der Waals surface area contributed by atoms with Gasteiger partial charge in [0, 0.05) is 18.0 Å². The Morgan fingerprint density at radius 3 is 2.76 bits per heavy atom. The predicted molar refractivity (Wildman–Crippen MR) is 80.7 cm³/mol. The van der Waals surface area contributed by atoms with Gasteiger partial charge in [0.15, 0.2) is 0 Å². The van der Waals surface area contributed by atoms with E-state index in [9.17, 15) is 4.39 Å². The molecule has 114 valence electrons. The number of halogens is 2. The van der Waals surface area contributed by atoms with Crippen molar-refractivity contribution < 1.29 is 8.91 Å². The molecule has 21 heavy (non-hydrogen) atoms. The fourth-order valence-corrected chi connectivity index (χ4v) is 2.36. The Balaban J connectivity index is 2.17. The molecule has 0 saturated carbocycles. The third-order valence-corrected chi connectivity index (χ3v) is 3.62. The lowest BCUT2D eigenvalue weighted by Crippen LogP contribution is -2.35. The molecule has 0 aliphatic carbocycles. The Kier molecular flexibility index (Phi) is 5.31. The van der Waals surface area contributed by atoms with Crippen LogP contribution in [0.2, 0.25) is 5.02 Å². The van der Waals surface area contributed by atoms with E-state index in [1.807, 2.05) is 0 Å². The van der Waals surface area contributed by atoms with Crippen LogP contribution in [0.4, 0.5) is 4.39 Å². The first kappa shape index (κ1) is 15.9. The van der Waals surface area contributed by atoms with Gasteiger partial charge in [-0.2, -0.15) is 4.98 Å². The molecule has 0 amide bonds. The van der Waals surface area contributed by atoms with Crippen LogP contribution in [0.15, 0.2) is 22.7 Å². The molecule has 0 aliphatic rings. The van der Waals surface area contributed by atoms with E-state index in [1.54, 1.807) is 6.07 Å². The Labute approximate surface area is 128 Å². The molecule has 6 heteroatoms. The molecule has 0 aliphatic heterocycles. The minimum atomic E-state index is -0.389. The van der Waals surface area contributed by atoms with Crippen LogP contribution in [-0.4, -0.2) is 22.7 Å². The maximum Gasteiger partial charge on any atom is 0.228 e. The van der Waals surface area contributed by atoms with Gasteiger partial charge in [-0.15, -0.1) is 0 Å². The van der Waals surface area contributed by atoms with E-state index in [-0.39, 0.29) is 16.9 Å². The van der Waals surface area contributed by atoms with Crippen molar-refractivity contribution in [3.05, 3.63) is 34.9 Å². The lowest BCUT2D eigenvalue weighted by Gasteiger charge is -2.19. The van der Waals surface area contributed by atoms with Gasteiger partial charge in [-0.25, -0.2) is 4.39 Å². The summed E-state index contributed by atoms with van der Waals surface area (Å²) in [4.78, 5) is 4.35. The van der Waals surface area contributed by atoms with E-state index < -0.39 is 0 Å². The van der Waals surface area contributed by atoms with E-state index in [0.29, 0.717) is 29.6 Å². The number of aromatic nitrogens is 2. The van der Waals surface area contributed by atoms with Crippen molar-refractivity contribution in [2.75, 3.05) is 6.54 Å². The van der Waals surface area contributed by atoms with Crippen molar-refractivity contribution in [3.8, 4) is 11.4 Å². The smallest absolute Gasteiger partial charge is 0.228 e. The highest BCUT2D eigenvalue weighted by atomic mass is 35.5. The van der Waals surface area contributed by atoms with Crippen molar-refractivity contribution in [2.45, 2.75) is 33.2 Å². The fraction of sp³-hybridized carbons (Fsp3) is 0.467. The summed E-state index contributed by atoms with van der Waals surface area (Å²) in [5, 5.41) is 7.60. The summed E-state index contributed by atoms with van der Waals surface area (Å²) in [6, 6.07) is 4.39. The fourth-order valence-electron chi connectivity index (χ4n) is 2.11. The molecule has 1 N–H and O–H groups in total. The summed E-state index contributed by atoms with van der Waals surface area (Å²) < 4.78 is 18.3. The molecule has 1 aromatic carbocycles. The molecule has 1 aromatic heterocycles. The molecular formula is C15H19ClFN3O. The van der Waals surface area contributed by atoms with Gasteiger partial charge in [-0.1, -0.05) is 37.5 Å². The van der Waals surface area contributed by atoms with Crippen molar-refractivity contribution in [1.82, 2.24) is 15.5 Å². The first-order valence-corrected chi connectivity index (χ1v) is 7.40. The molecule has 2 rings (SSSR count). The largest absolute Gasteiger partial charge is 0.339 e. The normalized spacial score (nSPS) is 12.9. The van der Waals surface area contributed by atoms with E-state index in [1.165, 1.54) is 12.1 Å². The minimum absolute atomic E-state index is 0.270. The lowest BCUT2D eigenvalue weighted by molar-refractivity contribution is 0.329. The number of likely N-dealkylation sites (N-methyl/N-ethyl adjacent to an activating group) is 1. The van der Waals surface area contributed by atoms with E-state index >= 15 is 0 Å². The molecule has 0 fully saturated rings. The maximum absolute atomic E-state index is 13.1. The van der Waals surface area contributed by atoms with Crippen molar-refractivity contribution in [1.29, 1.82) is 0 Å². The number of nitrogens with zero attached hydrogens (tertiary/aromatic N) is 2. The molecular weight excluding hydrogens is 293 g/mol. The predicted octanol–water partition coefficient (Wildman–Crippen LogP) is 3.71. The third-order valence-electron chi connectivity index (χ3n) is 3.31. The van der Waals surface area contributed by atoms with Crippen LogP contribution >= 0.6 is 11.6 Å². The first-order valence-electron chi connectivity index (χ1n) is 7.02. The average Bonchev–Trinajstić information content (AvgIpc) is 2.86. The van der Waals surface area contributed by atoms with Gasteiger partial charge in [0.1, 0.15) is 5.82 Å². The van der Waals surface area contributed by atoms with E-state index in [0.717, 1.165) is 6.54 Å². The summed E-state index contributed by atoms with van der Waals surface area (Å²) in [5.74, 6) is 0.994. The van der Waals surface area contributed by atoms with Crippen molar-refractivity contribution in [2.24, 2.45) is 5.92 Å². The Morgan fingerprint density at radius 1 is 1.38 bits per heavy atom. The molecule has 2 aromatic rings. The summed E-state index contributed by atoms with van der Waals surface area (Å²) in [6.07, 6.45) is 0.650. The van der Waals surface area contributed by atoms with Gasteiger partial charge < -0.3 is 9.84 Å². The van der Waals surface area contributed by atoms with Crippen molar-refractivity contribution >= 4 is 11.6 Å². The Hall–Kier alpha value is -1.46. The highest BCUT2D eigenvalue weighted by molar-refractivity contribution is 6.33. The molecule has 1 unspecified atom stereocenters. The monoisotopic (exact) mass is 311 g/mol. The zero-order valence-electron chi connectivity index (χ0n) is 12.4. The van der Waals surface area contributed by atoms with Crippen LogP contribution in [0.5, 0.6) is 0 Å². The third kappa shape index (κ3) is 4.02. The highest BCUT2D eigenvalue weighted by Gasteiger charge is 2.18. The SMILES string of the molecule is CCNC(Cc1nc(-c2ccc(F)cc2Cl)no1)C(C)C. The molecule has 0 radical (unpaired) electrons. The van der Waals surface area contributed by atoms with Crippen molar-refractivity contribution in [3.63, 3.8) is 0 Å². The van der Waals surface area contributed by atoms with Crippen LogP contribution in [0.25, 0.3) is 11.4 Å². The van der Waals surface area contributed by atoms with Gasteiger partial charge in [0.25, 0.3) is 0 Å². The second-order valence-corrected chi connectivity index (χ2v) is 5.66. The quantitative estimate of drug-likeness (QED) is 0.883. The van der Waals surface area contributed by atoms with Crippen LogP contribution in [-0.2, 0) is 6.42 Å². The second kappa shape index (κ2) is 7.00. The average molecular weight is 312 g/mol. The summed E-state index contributed by atoms with van der Waals surface area (Å²) in [5.41, 5.74) is 0.567. The minimum Gasteiger partial charge on any atom is -0.339 e. The van der Waals surface area contributed by atoms with Gasteiger partial charge in [0.2, 0.25) is 11.7 Å². The lowest BCUT2D eigenvalue weighted by atomic mass is 10.0. The first-order chi connectivity index (χ1) is 10.0. The van der Waals surface area contributed by atoms with Crippen LogP contribution < -0.4 is 5.32 Å². The summed E-state index contributed by atoms with van der Waals surface area (Å²) >= 11 is 6.01. The molecule has 0 bridgehead atoms. The zero-order chi connectivity index (χ0) is 15.4. The molecule has 0 spiro atoms. The maximum atomic E-state index is 13.1. The molecule has 1 atom stereocenters. The van der Waals surface area contributed by atoms with Gasteiger partial charge >= 0.3 is 0 Å². The zero-order valence-corrected chi connectivity index (χ0v) is 13.1. The standard InChI is InChI=1S/C15H19ClFN3O/c1-4-18-13(9(2)3)8-14-19-15(20-21-14)11-6-5-10(17)7-12(11)16/h5-7,9,13,18H,4,8H2,1-3H3. The Bertz CT molecular complexity index is 600. The highest BCUT2D eigenvalue weighted by Crippen LogP contribution is 2.26. The van der Waals surface area contributed by atoms with Gasteiger partial charge in [0.05, 0.1) is 5.02 Å². The summed E-state index contributed by atoms with van der Waals surface area (Å²) in [6.45, 7) is 7.23. The van der Waals surface area contributed by atoms with E-state index in [4.69, 9.17) is 16.1 Å². The van der Waals surface area contributed by atoms with Crippen LogP contribution in [0, 0.1) is 11.7 Å². The molecule has 4 nitrogen and oxygen atoms in total. The number of hydrogen-bond acceptors (Lipinski definition) is 4. The van der Waals surface area contributed by atoms with Gasteiger partial charge in [-0.3, -0.25) is 0 Å². The number of nitrogens with one attached hydrogen (secondary N) is 1. The van der Waals surface area contributed by atoms with Crippen LogP contribution in [0.3, 0.4) is 0 Å². The topological polar surface area (TPSA) is 51.0 Å².